The minimum atomic E-state index is -1.72. The fourth-order valence-corrected chi connectivity index (χ4v) is 8.80. The monoisotopic (exact) mass is 867 g/mol. The maximum Gasteiger partial charge on any atom is 0.120 e. The molecule has 0 saturated heterocycles. The number of pyridine rings is 2. The van der Waals surface area contributed by atoms with Crippen LogP contribution in [0.3, 0.4) is 0 Å². The smallest absolute Gasteiger partial charge is 0.120 e. The normalized spacial score (nSPS) is 13.5. The molecule has 7 aromatic rings. The molecule has 48 heavy (non-hydrogen) atoms. The van der Waals surface area contributed by atoms with Crippen molar-refractivity contribution in [2.24, 2.45) is 0 Å². The topological polar surface area (TPSA) is 38.9 Å². The number of benzene rings is 4. The molecule has 4 aromatic carbocycles. The Bertz CT molecular complexity index is 2100. The van der Waals surface area contributed by atoms with Crippen LogP contribution in [0.1, 0.15) is 43.6 Å². The molecule has 8 rings (SSSR count). The van der Waals surface area contributed by atoms with Gasteiger partial charge in [0.2, 0.25) is 0 Å². The number of furan rings is 1. The zero-order valence-electron chi connectivity index (χ0n) is 27.8. The summed E-state index contributed by atoms with van der Waals surface area (Å²) < 4.78 is 7.86. The molecule has 0 bridgehead atoms. The van der Waals surface area contributed by atoms with E-state index in [1.54, 1.807) is 0 Å². The Morgan fingerprint density at radius 3 is 2.25 bits per heavy atom. The number of hydrogen-bond donors (Lipinski definition) is 0. The predicted molar refractivity (Wildman–Crippen MR) is 199 cm³/mol. The largest absolute Gasteiger partial charge is 0.501 e. The first-order valence-corrected chi connectivity index (χ1v) is 24.1. The fraction of sp³-hybridized carbons (Fsp3) is 0.209. The van der Waals surface area contributed by atoms with Gasteiger partial charge >= 0.3 is 99.8 Å². The van der Waals surface area contributed by atoms with Crippen LogP contribution in [0, 0.1) is 12.1 Å². The van der Waals surface area contributed by atoms with Gasteiger partial charge in [0.15, 0.2) is 0 Å². The Kier molecular flexibility index (Phi) is 10.8. The second-order valence-electron chi connectivity index (χ2n) is 13.5. The van der Waals surface area contributed by atoms with Crippen molar-refractivity contribution in [1.82, 2.24) is 9.97 Å². The number of fused-ring (bicyclic) bond motifs is 3. The zero-order chi connectivity index (χ0) is 32.2. The van der Waals surface area contributed by atoms with E-state index in [4.69, 9.17) is 9.40 Å². The van der Waals surface area contributed by atoms with Crippen molar-refractivity contribution in [2.75, 3.05) is 0 Å². The molecule has 1 aliphatic rings. The van der Waals surface area contributed by atoms with Crippen molar-refractivity contribution in [3.63, 3.8) is 0 Å². The standard InChI is InChI=1S/C29H24NO.C14H16GeN.Ir/c1-3-9-20(10-4-1)22-17-18-30-26(19-22)24-16-15-23(21-11-5-2-6-12-21)28-25-13-7-8-14-27(25)31-29(24)28;1-15(2,3)13-9-10-14(16-11-13)12-7-5-4-6-8-12;/h2,5-8,11-15,17-20H,1,3-4,9-10H2;4-7,9-11H,1-3H3;/q2*-1;. The molecule has 0 spiro atoms. The Balaban J connectivity index is 0.000000201. The summed E-state index contributed by atoms with van der Waals surface area (Å²) in [5, 5.41) is 2.27. The Morgan fingerprint density at radius 1 is 0.750 bits per heavy atom. The minimum Gasteiger partial charge on any atom is -0.501 e. The van der Waals surface area contributed by atoms with Crippen LogP contribution in [0.25, 0.3) is 55.6 Å². The van der Waals surface area contributed by atoms with Gasteiger partial charge in [-0.2, -0.15) is 0 Å². The van der Waals surface area contributed by atoms with E-state index in [0.29, 0.717) is 5.92 Å². The van der Waals surface area contributed by atoms with Crippen molar-refractivity contribution >= 4 is 39.6 Å². The Hall–Kier alpha value is -3.83. The molecule has 3 nitrogen and oxygen atoms in total. The van der Waals surface area contributed by atoms with Crippen LogP contribution in [0.4, 0.5) is 0 Å². The van der Waals surface area contributed by atoms with Gasteiger partial charge in [-0.1, -0.05) is 96.1 Å². The van der Waals surface area contributed by atoms with E-state index >= 15 is 0 Å². The van der Waals surface area contributed by atoms with Crippen molar-refractivity contribution in [3.8, 4) is 33.6 Å². The molecule has 1 fully saturated rings. The average Bonchev–Trinajstić information content (AvgIpc) is 3.52. The van der Waals surface area contributed by atoms with Gasteiger partial charge < -0.3 is 9.40 Å². The SMILES string of the molecule is [CH3][Ge]([CH3])([CH3])[c]1ccc(-c2[c-]cccc2)nc1.[Ir].[c-]1cc(-c2ccccc2)c2c(oc3ccccc32)c1-c1cc(C2CCCCC2)ccn1. The van der Waals surface area contributed by atoms with E-state index in [1.165, 1.54) is 47.6 Å². The molecule has 1 aliphatic carbocycles. The Labute approximate surface area is 300 Å². The summed E-state index contributed by atoms with van der Waals surface area (Å²) in [5.74, 6) is 7.78. The summed E-state index contributed by atoms with van der Waals surface area (Å²) >= 11 is -1.72. The number of nitrogens with zero attached hydrogens (tertiary/aromatic N) is 2. The fourth-order valence-electron chi connectivity index (χ4n) is 6.63. The van der Waals surface area contributed by atoms with Crippen LogP contribution in [0.15, 0.2) is 126 Å². The maximum atomic E-state index is 6.41. The van der Waals surface area contributed by atoms with Crippen molar-refractivity contribution in [1.29, 1.82) is 0 Å². The van der Waals surface area contributed by atoms with E-state index < -0.39 is 13.3 Å². The van der Waals surface area contributed by atoms with E-state index in [9.17, 15) is 0 Å². The Morgan fingerprint density at radius 2 is 1.52 bits per heavy atom. The predicted octanol–water partition coefficient (Wildman–Crippen LogP) is 11.3. The number of hydrogen-bond acceptors (Lipinski definition) is 3. The first kappa shape index (κ1) is 34.1. The molecule has 0 aliphatic heterocycles. The van der Waals surface area contributed by atoms with Gasteiger partial charge in [-0.15, -0.1) is 12.1 Å². The van der Waals surface area contributed by atoms with Gasteiger partial charge in [0.1, 0.15) is 5.58 Å². The molecule has 0 unspecified atom stereocenters. The van der Waals surface area contributed by atoms with Crippen LogP contribution in [0.5, 0.6) is 0 Å². The molecule has 0 atom stereocenters. The number of para-hydroxylation sites is 1. The second-order valence-corrected chi connectivity index (χ2v) is 24.2. The molecule has 3 heterocycles. The summed E-state index contributed by atoms with van der Waals surface area (Å²) in [5.41, 5.74) is 9.46. The minimum absolute atomic E-state index is 0. The second kappa shape index (κ2) is 15.2. The summed E-state index contributed by atoms with van der Waals surface area (Å²) in [6, 6.07) is 44.3. The maximum absolute atomic E-state index is 6.41. The van der Waals surface area contributed by atoms with Crippen molar-refractivity contribution < 1.29 is 24.5 Å². The summed E-state index contributed by atoms with van der Waals surface area (Å²) in [7, 11) is 0. The third-order valence-corrected chi connectivity index (χ3v) is 13.5. The third kappa shape index (κ3) is 7.42. The van der Waals surface area contributed by atoms with E-state index in [1.807, 2.05) is 54.9 Å². The van der Waals surface area contributed by atoms with E-state index in [0.717, 1.165) is 50.0 Å². The van der Waals surface area contributed by atoms with Gasteiger partial charge in [-0.05, 0) is 42.0 Å². The van der Waals surface area contributed by atoms with E-state index in [2.05, 4.69) is 101 Å². The third-order valence-electron chi connectivity index (χ3n) is 9.27. The summed E-state index contributed by atoms with van der Waals surface area (Å²) in [6.45, 7) is 0. The van der Waals surface area contributed by atoms with Gasteiger partial charge in [0.25, 0.3) is 0 Å². The van der Waals surface area contributed by atoms with Crippen molar-refractivity contribution in [3.05, 3.63) is 139 Å². The van der Waals surface area contributed by atoms with Crippen molar-refractivity contribution in [2.45, 2.75) is 55.3 Å². The molecular weight excluding hydrogens is 825 g/mol. The first-order valence-electron chi connectivity index (χ1n) is 16.8. The molecule has 243 valence electrons. The van der Waals surface area contributed by atoms with Crippen LogP contribution in [-0.4, -0.2) is 23.2 Å². The zero-order valence-corrected chi connectivity index (χ0v) is 32.3. The molecule has 0 N–H and O–H groups in total. The van der Waals surface area contributed by atoms with Crippen LogP contribution < -0.4 is 4.40 Å². The quantitative estimate of drug-likeness (QED) is 0.128. The van der Waals surface area contributed by atoms with Gasteiger partial charge in [-0.3, -0.25) is 0 Å². The van der Waals surface area contributed by atoms with Gasteiger partial charge in [0, 0.05) is 31.7 Å². The molecule has 0 amide bonds. The average molecular weight is 866 g/mol. The number of rotatable bonds is 5. The van der Waals surface area contributed by atoms with Gasteiger partial charge in [-0.25, -0.2) is 0 Å². The van der Waals surface area contributed by atoms with Crippen LogP contribution in [0.2, 0.25) is 17.3 Å². The molecule has 1 radical (unpaired) electrons. The summed E-state index contributed by atoms with van der Waals surface area (Å²) in [4.78, 5) is 9.27. The molecule has 5 heteroatoms. The summed E-state index contributed by atoms with van der Waals surface area (Å²) in [6.07, 6.45) is 10.6. The molecule has 1 saturated carbocycles. The number of aromatic nitrogens is 2. The van der Waals surface area contributed by atoms with E-state index in [-0.39, 0.29) is 20.1 Å². The van der Waals surface area contributed by atoms with Crippen LogP contribution in [-0.2, 0) is 20.1 Å². The first-order chi connectivity index (χ1) is 23.0. The molecular formula is C43H40GeIrN2O-2. The van der Waals surface area contributed by atoms with Crippen LogP contribution >= 0.6 is 0 Å². The molecule has 3 aromatic heterocycles. The van der Waals surface area contributed by atoms with Gasteiger partial charge in [0.05, 0.1) is 5.58 Å².